The Morgan fingerprint density at radius 2 is 1.89 bits per heavy atom. The fourth-order valence-corrected chi connectivity index (χ4v) is 1.75. The van der Waals surface area contributed by atoms with Gasteiger partial charge in [0.1, 0.15) is 0 Å². The Morgan fingerprint density at radius 1 is 1.33 bits per heavy atom. The number of nitrogens with zero attached hydrogens (tertiary/aromatic N) is 1. The Hall–Kier alpha value is -0.460. The van der Waals surface area contributed by atoms with Crippen molar-refractivity contribution in [2.24, 2.45) is 5.41 Å². The summed E-state index contributed by atoms with van der Waals surface area (Å²) in [6, 6.07) is 0. The van der Waals surface area contributed by atoms with Crippen LogP contribution in [0.5, 0.6) is 0 Å². The molecule has 0 aromatic rings. The summed E-state index contributed by atoms with van der Waals surface area (Å²) in [6.45, 7) is 1.22. The first kappa shape index (κ1) is 15.6. The SMILES string of the molecule is CC1(C(=O)OCOP(=O)(O)OC[N+](C)(C)C)CC1. The van der Waals surface area contributed by atoms with Gasteiger partial charge in [-0.1, -0.05) is 0 Å². The fraction of sp³-hybridized carbons (Fsp3) is 0.900. The lowest BCUT2D eigenvalue weighted by Crippen LogP contribution is -2.36. The smallest absolute Gasteiger partial charge is 0.437 e. The Kier molecular flexibility index (Phi) is 4.56. The van der Waals surface area contributed by atoms with Crippen LogP contribution in [-0.4, -0.2) is 50.0 Å². The van der Waals surface area contributed by atoms with Crippen molar-refractivity contribution < 1.29 is 32.5 Å². The first-order valence-corrected chi connectivity index (χ1v) is 7.13. The number of ether oxygens (including phenoxy) is 1. The monoisotopic (exact) mass is 282 g/mol. The van der Waals surface area contributed by atoms with E-state index in [0.29, 0.717) is 4.48 Å². The minimum atomic E-state index is -4.17. The summed E-state index contributed by atoms with van der Waals surface area (Å²) in [4.78, 5) is 20.7. The Balaban J connectivity index is 2.25. The molecule has 7 nitrogen and oxygen atoms in total. The van der Waals surface area contributed by atoms with Crippen molar-refractivity contribution in [3.8, 4) is 0 Å². The quantitative estimate of drug-likeness (QED) is 0.326. The van der Waals surface area contributed by atoms with E-state index in [1.807, 2.05) is 0 Å². The zero-order valence-corrected chi connectivity index (χ0v) is 12.1. The first-order chi connectivity index (χ1) is 8.04. The van der Waals surface area contributed by atoms with E-state index in [1.54, 1.807) is 28.1 Å². The van der Waals surface area contributed by atoms with Gasteiger partial charge in [0.05, 0.1) is 26.6 Å². The maximum absolute atomic E-state index is 11.4. The molecule has 1 atom stereocenters. The van der Waals surface area contributed by atoms with E-state index < -0.39 is 26.0 Å². The second-order valence-corrected chi connectivity index (χ2v) is 7.21. The predicted octanol–water partition coefficient (Wildman–Crippen LogP) is 1.08. The van der Waals surface area contributed by atoms with E-state index in [9.17, 15) is 14.3 Å². The second-order valence-electron chi connectivity index (χ2n) is 5.76. The van der Waals surface area contributed by atoms with Gasteiger partial charge in [-0.15, -0.1) is 0 Å². The van der Waals surface area contributed by atoms with E-state index in [0.717, 1.165) is 12.8 Å². The van der Waals surface area contributed by atoms with Crippen LogP contribution >= 0.6 is 7.82 Å². The molecule has 18 heavy (non-hydrogen) atoms. The molecular formula is C10H21NO6P+. The number of phosphoric ester groups is 1. The Morgan fingerprint density at radius 3 is 2.33 bits per heavy atom. The average molecular weight is 282 g/mol. The van der Waals surface area contributed by atoms with Crippen molar-refractivity contribution in [2.45, 2.75) is 19.8 Å². The normalized spacial score (nSPS) is 21.2. The molecule has 106 valence electrons. The highest BCUT2D eigenvalue weighted by Crippen LogP contribution is 2.47. The summed E-state index contributed by atoms with van der Waals surface area (Å²) in [5, 5.41) is 0. The molecule has 0 amide bonds. The van der Waals surface area contributed by atoms with Crippen molar-refractivity contribution in [1.29, 1.82) is 0 Å². The standard InChI is InChI=1S/C10H20NO6P/c1-10(5-6-10)9(12)15-8-17-18(13,14)16-7-11(2,3)4/h5-8H2,1-4H3/p+1. The van der Waals surface area contributed by atoms with Gasteiger partial charge in [-0.3, -0.25) is 4.79 Å². The molecule has 0 spiro atoms. The van der Waals surface area contributed by atoms with Crippen LogP contribution in [0.4, 0.5) is 0 Å². The van der Waals surface area contributed by atoms with Crippen LogP contribution < -0.4 is 0 Å². The van der Waals surface area contributed by atoms with Gasteiger partial charge in [-0.25, -0.2) is 13.6 Å². The third kappa shape index (κ3) is 5.46. The minimum absolute atomic E-state index is 0.0133. The van der Waals surface area contributed by atoms with Crippen molar-refractivity contribution in [2.75, 3.05) is 34.7 Å². The van der Waals surface area contributed by atoms with E-state index in [2.05, 4.69) is 4.52 Å². The number of quaternary nitrogens is 1. The molecule has 0 aromatic heterocycles. The number of carbonyl (C=O) groups is 1. The van der Waals surface area contributed by atoms with Gasteiger partial charge < -0.3 is 14.1 Å². The number of rotatable bonds is 7. The summed E-state index contributed by atoms with van der Waals surface area (Å²) >= 11 is 0. The number of phosphoric acid groups is 1. The van der Waals surface area contributed by atoms with Crippen molar-refractivity contribution in [3.63, 3.8) is 0 Å². The molecule has 0 bridgehead atoms. The van der Waals surface area contributed by atoms with Gasteiger partial charge in [-0.05, 0) is 19.8 Å². The molecule has 0 saturated heterocycles. The summed E-state index contributed by atoms with van der Waals surface area (Å²) in [7, 11) is 1.23. The van der Waals surface area contributed by atoms with Crippen LogP contribution in [0.2, 0.25) is 0 Å². The average Bonchev–Trinajstić information content (AvgIpc) is 2.94. The van der Waals surface area contributed by atoms with Crippen LogP contribution in [0.1, 0.15) is 19.8 Å². The number of esters is 1. The number of hydrogen-bond donors (Lipinski definition) is 1. The fourth-order valence-electron chi connectivity index (χ4n) is 0.996. The van der Waals surface area contributed by atoms with E-state index >= 15 is 0 Å². The third-order valence-electron chi connectivity index (χ3n) is 2.51. The zero-order valence-electron chi connectivity index (χ0n) is 11.2. The molecule has 1 rings (SSSR count). The number of carbonyl (C=O) groups excluding carboxylic acids is 1. The third-order valence-corrected chi connectivity index (χ3v) is 3.38. The van der Waals surface area contributed by atoms with Crippen molar-refractivity contribution in [3.05, 3.63) is 0 Å². The zero-order chi connectivity index (χ0) is 14.0. The van der Waals surface area contributed by atoms with E-state index in [-0.39, 0.29) is 6.73 Å². The summed E-state index contributed by atoms with van der Waals surface area (Å²) in [6.07, 6.45) is 1.56. The van der Waals surface area contributed by atoms with Crippen LogP contribution in [0.15, 0.2) is 0 Å². The minimum Gasteiger partial charge on any atom is -0.437 e. The highest BCUT2D eigenvalue weighted by atomic mass is 31.2. The van der Waals surface area contributed by atoms with Crippen LogP contribution in [-0.2, 0) is 23.1 Å². The Bertz CT molecular complexity index is 360. The van der Waals surface area contributed by atoms with Crippen molar-refractivity contribution in [1.82, 2.24) is 0 Å². The lowest BCUT2D eigenvalue weighted by atomic mass is 10.1. The summed E-state index contributed by atoms with van der Waals surface area (Å²) in [5.41, 5.74) is -0.439. The molecule has 8 heteroatoms. The molecule has 0 aliphatic heterocycles. The Labute approximate surface area is 107 Å². The molecule has 0 radical (unpaired) electrons. The molecular weight excluding hydrogens is 261 g/mol. The first-order valence-electron chi connectivity index (χ1n) is 5.64. The summed E-state index contributed by atoms with van der Waals surface area (Å²) < 4.78 is 25.8. The highest BCUT2D eigenvalue weighted by Gasteiger charge is 2.46. The molecule has 1 fully saturated rings. The van der Waals surface area contributed by atoms with E-state index in [4.69, 9.17) is 9.26 Å². The molecule has 1 aliphatic rings. The topological polar surface area (TPSA) is 82.1 Å². The lowest BCUT2D eigenvalue weighted by Gasteiger charge is -2.24. The van der Waals surface area contributed by atoms with Crippen LogP contribution in [0, 0.1) is 5.41 Å². The predicted molar refractivity (Wildman–Crippen MR) is 63.2 cm³/mol. The molecule has 1 saturated carbocycles. The van der Waals surface area contributed by atoms with Crippen LogP contribution in [0.3, 0.4) is 0 Å². The van der Waals surface area contributed by atoms with Gasteiger partial charge in [-0.2, -0.15) is 0 Å². The maximum Gasteiger partial charge on any atom is 0.479 e. The molecule has 0 heterocycles. The molecule has 1 N–H and O–H groups in total. The van der Waals surface area contributed by atoms with Gasteiger partial charge in [0, 0.05) is 0 Å². The highest BCUT2D eigenvalue weighted by molar-refractivity contribution is 7.47. The van der Waals surface area contributed by atoms with Crippen LogP contribution in [0.25, 0.3) is 0 Å². The summed E-state index contributed by atoms with van der Waals surface area (Å²) in [5.74, 6) is -0.408. The largest absolute Gasteiger partial charge is 0.479 e. The van der Waals surface area contributed by atoms with Gasteiger partial charge >= 0.3 is 13.8 Å². The second kappa shape index (κ2) is 5.27. The number of hydrogen-bond acceptors (Lipinski definition) is 5. The lowest BCUT2D eigenvalue weighted by molar-refractivity contribution is -0.887. The molecule has 1 unspecified atom stereocenters. The van der Waals surface area contributed by atoms with Gasteiger partial charge in [0.15, 0.2) is 6.73 Å². The van der Waals surface area contributed by atoms with E-state index in [1.165, 1.54) is 0 Å². The van der Waals surface area contributed by atoms with Crippen molar-refractivity contribution >= 4 is 13.8 Å². The molecule has 0 aromatic carbocycles. The van der Waals surface area contributed by atoms with Gasteiger partial charge in [0.25, 0.3) is 0 Å². The van der Waals surface area contributed by atoms with Gasteiger partial charge in [0.2, 0.25) is 6.79 Å². The molecule has 1 aliphatic carbocycles. The maximum atomic E-state index is 11.4.